The van der Waals surface area contributed by atoms with Gasteiger partial charge in [-0.15, -0.1) is 21.5 Å². The maximum atomic E-state index is 6.41. The molecule has 3 heterocycles. The van der Waals surface area contributed by atoms with Crippen LogP contribution in [-0.4, -0.2) is 24.7 Å². The molecule has 1 saturated carbocycles. The normalized spacial score (nSPS) is 18.1. The molecule has 3 aromatic heterocycles. The molecule has 2 aliphatic rings. The summed E-state index contributed by atoms with van der Waals surface area (Å²) >= 11 is 3.50. The third kappa shape index (κ3) is 3.77. The van der Waals surface area contributed by atoms with E-state index in [9.17, 15) is 0 Å². The fraction of sp³-hybridized carbons (Fsp3) is 0.619. The summed E-state index contributed by atoms with van der Waals surface area (Å²) in [4.78, 5) is 12.1. The Morgan fingerprint density at radius 1 is 1.03 bits per heavy atom. The topological polar surface area (TPSA) is 82.5 Å². The number of thioether (sulfide) groups is 1. The van der Waals surface area contributed by atoms with Gasteiger partial charge in [-0.3, -0.25) is 0 Å². The number of nitrogen functional groups attached to an aromatic ring is 1. The van der Waals surface area contributed by atoms with Crippen molar-refractivity contribution in [2.24, 2.45) is 0 Å². The van der Waals surface area contributed by atoms with E-state index in [1.165, 1.54) is 61.8 Å². The molecule has 154 valence electrons. The molecule has 5 rings (SSSR count). The van der Waals surface area contributed by atoms with Gasteiger partial charge >= 0.3 is 0 Å². The van der Waals surface area contributed by atoms with Gasteiger partial charge < -0.3 is 10.3 Å². The molecule has 2 aliphatic carbocycles. The summed E-state index contributed by atoms with van der Waals surface area (Å²) in [5.74, 6) is 3.13. The number of hydrogen-bond donors (Lipinski definition) is 1. The number of anilines is 1. The first kappa shape index (κ1) is 19.3. The highest BCUT2D eigenvalue weighted by Gasteiger charge is 2.23. The van der Waals surface area contributed by atoms with Crippen molar-refractivity contribution in [3.8, 4) is 0 Å². The minimum absolute atomic E-state index is 0.530. The van der Waals surface area contributed by atoms with Gasteiger partial charge in [-0.05, 0) is 51.0 Å². The van der Waals surface area contributed by atoms with Crippen LogP contribution in [0.3, 0.4) is 0 Å². The first-order chi connectivity index (χ1) is 14.2. The third-order valence-electron chi connectivity index (χ3n) is 6.24. The lowest BCUT2D eigenvalue weighted by Crippen LogP contribution is -2.15. The molecule has 1 fully saturated rings. The first-order valence-corrected chi connectivity index (χ1v) is 12.6. The SMILES string of the molecule is Cc1nnc(SCc2nc(N)c3c4c(sc3n2)CCCCC4)n1C1CCCCC1. The largest absolute Gasteiger partial charge is 0.383 e. The van der Waals surface area contributed by atoms with Gasteiger partial charge in [0.2, 0.25) is 0 Å². The van der Waals surface area contributed by atoms with Gasteiger partial charge in [0.25, 0.3) is 0 Å². The highest BCUT2D eigenvalue weighted by Crippen LogP contribution is 2.38. The van der Waals surface area contributed by atoms with Crippen LogP contribution in [0.4, 0.5) is 5.82 Å². The average molecular weight is 429 g/mol. The standard InChI is InChI=1S/C21H28N6S2/c1-13-25-26-21(27(13)14-8-4-2-5-9-14)28-12-17-23-19(22)18-15-10-6-3-7-11-16(15)29-20(18)24-17/h14H,2-12H2,1H3,(H2,22,23,24). The second kappa shape index (κ2) is 8.22. The van der Waals surface area contributed by atoms with Crippen molar-refractivity contribution < 1.29 is 0 Å². The summed E-state index contributed by atoms with van der Waals surface area (Å²) < 4.78 is 2.33. The van der Waals surface area contributed by atoms with Gasteiger partial charge in [-0.2, -0.15) is 0 Å². The van der Waals surface area contributed by atoms with E-state index in [0.717, 1.165) is 39.9 Å². The minimum Gasteiger partial charge on any atom is -0.383 e. The van der Waals surface area contributed by atoms with Crippen molar-refractivity contribution in [1.82, 2.24) is 24.7 Å². The van der Waals surface area contributed by atoms with Crippen LogP contribution >= 0.6 is 23.1 Å². The Hall–Kier alpha value is -1.67. The molecular weight excluding hydrogens is 400 g/mol. The minimum atomic E-state index is 0.530. The molecule has 6 nitrogen and oxygen atoms in total. The number of rotatable bonds is 4. The molecule has 8 heteroatoms. The van der Waals surface area contributed by atoms with Gasteiger partial charge in [-0.1, -0.05) is 37.4 Å². The maximum absolute atomic E-state index is 6.41. The van der Waals surface area contributed by atoms with E-state index in [1.807, 2.05) is 11.3 Å². The molecule has 0 atom stereocenters. The van der Waals surface area contributed by atoms with Crippen molar-refractivity contribution >= 4 is 39.1 Å². The highest BCUT2D eigenvalue weighted by molar-refractivity contribution is 7.98. The van der Waals surface area contributed by atoms with Gasteiger partial charge in [0, 0.05) is 10.9 Å². The Morgan fingerprint density at radius 3 is 2.69 bits per heavy atom. The van der Waals surface area contributed by atoms with Crippen molar-refractivity contribution in [2.45, 2.75) is 88.1 Å². The zero-order chi connectivity index (χ0) is 19.8. The molecule has 2 N–H and O–H groups in total. The van der Waals surface area contributed by atoms with E-state index < -0.39 is 0 Å². The average Bonchev–Trinajstić information content (AvgIpc) is 3.18. The van der Waals surface area contributed by atoms with Gasteiger partial charge in [-0.25, -0.2) is 9.97 Å². The van der Waals surface area contributed by atoms with Crippen LogP contribution in [0.15, 0.2) is 5.16 Å². The number of aryl methyl sites for hydroxylation is 3. The maximum Gasteiger partial charge on any atom is 0.191 e. The number of fused-ring (bicyclic) bond motifs is 3. The van der Waals surface area contributed by atoms with Crippen molar-refractivity contribution in [3.05, 3.63) is 22.1 Å². The van der Waals surface area contributed by atoms with E-state index >= 15 is 0 Å². The lowest BCUT2D eigenvalue weighted by Gasteiger charge is -2.24. The van der Waals surface area contributed by atoms with Crippen LogP contribution in [0, 0.1) is 6.92 Å². The second-order valence-corrected chi connectivity index (χ2v) is 10.3. The Bertz CT molecular complexity index is 1020. The second-order valence-electron chi connectivity index (χ2n) is 8.25. The Labute approximate surface area is 179 Å². The van der Waals surface area contributed by atoms with E-state index in [0.29, 0.717) is 17.6 Å². The molecular formula is C21H28N6S2. The summed E-state index contributed by atoms with van der Waals surface area (Å²) in [7, 11) is 0. The first-order valence-electron chi connectivity index (χ1n) is 10.8. The van der Waals surface area contributed by atoms with E-state index in [-0.39, 0.29) is 0 Å². The Balaban J connectivity index is 1.39. The summed E-state index contributed by atoms with van der Waals surface area (Å²) in [6.45, 7) is 2.06. The number of nitrogens with zero attached hydrogens (tertiary/aromatic N) is 5. The molecule has 0 aromatic carbocycles. The number of aromatic nitrogens is 5. The fourth-order valence-corrected chi connectivity index (χ4v) is 7.00. The van der Waals surface area contributed by atoms with Crippen molar-refractivity contribution in [1.29, 1.82) is 0 Å². The fourth-order valence-electron chi connectivity index (χ4n) is 4.81. The van der Waals surface area contributed by atoms with Crippen LogP contribution in [-0.2, 0) is 18.6 Å². The molecule has 0 spiro atoms. The smallest absolute Gasteiger partial charge is 0.191 e. The number of nitrogens with two attached hydrogens (primary N) is 1. The van der Waals surface area contributed by atoms with Crippen LogP contribution in [0.25, 0.3) is 10.2 Å². The molecule has 3 aromatic rings. The molecule has 0 aliphatic heterocycles. The molecule has 0 radical (unpaired) electrons. The monoisotopic (exact) mass is 428 g/mol. The quantitative estimate of drug-likeness (QED) is 0.452. The summed E-state index contributed by atoms with van der Waals surface area (Å²) in [5.41, 5.74) is 7.82. The lowest BCUT2D eigenvalue weighted by atomic mass is 9.95. The summed E-state index contributed by atoms with van der Waals surface area (Å²) in [5, 5.41) is 10.9. The lowest BCUT2D eigenvalue weighted by molar-refractivity contribution is 0.332. The molecule has 0 amide bonds. The van der Waals surface area contributed by atoms with Crippen LogP contribution in [0.5, 0.6) is 0 Å². The molecule has 0 unspecified atom stereocenters. The number of thiophene rings is 1. The van der Waals surface area contributed by atoms with Gasteiger partial charge in [0.05, 0.1) is 11.1 Å². The van der Waals surface area contributed by atoms with Crippen LogP contribution < -0.4 is 5.73 Å². The zero-order valence-corrected chi connectivity index (χ0v) is 18.6. The summed E-state index contributed by atoms with van der Waals surface area (Å²) in [6, 6.07) is 0.530. The predicted octanol–water partition coefficient (Wildman–Crippen LogP) is 5.24. The molecule has 29 heavy (non-hydrogen) atoms. The van der Waals surface area contributed by atoms with Gasteiger partial charge in [0.15, 0.2) is 5.16 Å². The van der Waals surface area contributed by atoms with Gasteiger partial charge in [0.1, 0.15) is 22.3 Å². The van der Waals surface area contributed by atoms with Crippen molar-refractivity contribution in [3.63, 3.8) is 0 Å². The third-order valence-corrected chi connectivity index (χ3v) is 8.37. The van der Waals surface area contributed by atoms with E-state index in [2.05, 4.69) is 26.7 Å². The van der Waals surface area contributed by atoms with Crippen LogP contribution in [0.2, 0.25) is 0 Å². The Morgan fingerprint density at radius 2 is 1.83 bits per heavy atom. The van der Waals surface area contributed by atoms with E-state index in [1.54, 1.807) is 11.8 Å². The molecule has 0 bridgehead atoms. The zero-order valence-electron chi connectivity index (χ0n) is 17.0. The Kier molecular flexibility index (Phi) is 5.47. The van der Waals surface area contributed by atoms with Crippen molar-refractivity contribution in [2.75, 3.05) is 5.73 Å². The highest BCUT2D eigenvalue weighted by atomic mass is 32.2. The predicted molar refractivity (Wildman–Crippen MR) is 120 cm³/mol. The van der Waals surface area contributed by atoms with E-state index in [4.69, 9.17) is 10.7 Å². The number of hydrogen-bond acceptors (Lipinski definition) is 7. The molecule has 0 saturated heterocycles. The summed E-state index contributed by atoms with van der Waals surface area (Å²) in [6.07, 6.45) is 12.5. The van der Waals surface area contributed by atoms with Crippen LogP contribution in [0.1, 0.15) is 79.5 Å².